The molecule has 0 bridgehead atoms. The summed E-state index contributed by atoms with van der Waals surface area (Å²) in [7, 11) is 0. The van der Waals surface area contributed by atoms with Crippen LogP contribution in [0.5, 0.6) is 0 Å². The van der Waals surface area contributed by atoms with Crippen molar-refractivity contribution < 1.29 is 22.5 Å². The van der Waals surface area contributed by atoms with Gasteiger partial charge in [-0.15, -0.1) is 11.8 Å². The number of aromatic nitrogens is 4. The minimum absolute atomic E-state index is 0.0574. The number of nitrogens with zero attached hydrogens (tertiary/aromatic N) is 6. The number of hydrogen-bond acceptors (Lipinski definition) is 8. The van der Waals surface area contributed by atoms with Crippen LogP contribution in [0, 0.1) is 0 Å². The predicted octanol–water partition coefficient (Wildman–Crippen LogP) is 3.23. The van der Waals surface area contributed by atoms with E-state index < -0.39 is 12.1 Å². The lowest BCUT2D eigenvalue weighted by molar-refractivity contribution is -0.159. The van der Waals surface area contributed by atoms with Gasteiger partial charge in [-0.05, 0) is 30.5 Å². The largest absolute Gasteiger partial charge is 0.471 e. The number of alkyl halides is 3. The zero-order valence-corrected chi connectivity index (χ0v) is 17.2. The molecule has 0 aromatic carbocycles. The fourth-order valence-electron chi connectivity index (χ4n) is 3.19. The molecule has 0 atom stereocenters. The van der Waals surface area contributed by atoms with Crippen LogP contribution < -0.4 is 4.90 Å². The Labute approximate surface area is 179 Å². The first-order valence-corrected chi connectivity index (χ1v) is 10.5. The van der Waals surface area contributed by atoms with E-state index in [0.717, 1.165) is 0 Å². The summed E-state index contributed by atoms with van der Waals surface area (Å²) in [5.41, 5.74) is 0.905. The number of anilines is 1. The number of hydrogen-bond donors (Lipinski definition) is 0. The summed E-state index contributed by atoms with van der Waals surface area (Å²) in [6.07, 6.45) is 0.250. The van der Waals surface area contributed by atoms with Crippen molar-refractivity contribution in [3.05, 3.63) is 48.1 Å². The van der Waals surface area contributed by atoms with E-state index >= 15 is 0 Å². The van der Waals surface area contributed by atoms with Gasteiger partial charge in [0.05, 0.1) is 5.56 Å². The highest BCUT2D eigenvalue weighted by Gasteiger charge is 2.38. The summed E-state index contributed by atoms with van der Waals surface area (Å²) < 4.78 is 42.1. The Kier molecular flexibility index (Phi) is 5.81. The number of carbonyl (C=O) groups is 1. The lowest BCUT2D eigenvalue weighted by Crippen LogP contribution is -2.49. The Morgan fingerprint density at radius 1 is 1.13 bits per heavy atom. The zero-order valence-electron chi connectivity index (χ0n) is 16.3. The maximum absolute atomic E-state index is 12.8. The maximum atomic E-state index is 12.8. The Balaban J connectivity index is 1.40. The van der Waals surface area contributed by atoms with Crippen molar-refractivity contribution in [1.29, 1.82) is 0 Å². The number of pyridine rings is 2. The van der Waals surface area contributed by atoms with Crippen molar-refractivity contribution in [2.24, 2.45) is 0 Å². The molecule has 162 valence electrons. The molecule has 0 saturated carbocycles. The van der Waals surface area contributed by atoms with Crippen molar-refractivity contribution in [1.82, 2.24) is 25.0 Å². The van der Waals surface area contributed by atoms with Gasteiger partial charge in [-0.3, -0.25) is 4.79 Å². The zero-order chi connectivity index (χ0) is 22.0. The third-order valence-corrected chi connectivity index (χ3v) is 5.47. The molecule has 0 unspecified atom stereocenters. The van der Waals surface area contributed by atoms with E-state index in [0.29, 0.717) is 48.1 Å². The van der Waals surface area contributed by atoms with E-state index in [9.17, 15) is 18.0 Å². The SMILES string of the molecule is CSc1ncccc1C(=O)N1CCN(c2ccc(-c3noc(C(F)(F)F)n3)cn2)CC1. The average Bonchev–Trinajstić information content (AvgIpc) is 3.30. The van der Waals surface area contributed by atoms with Crippen molar-refractivity contribution >= 4 is 23.5 Å². The third kappa shape index (κ3) is 4.48. The molecule has 3 aromatic rings. The van der Waals surface area contributed by atoms with Crippen LogP contribution in [0.2, 0.25) is 0 Å². The topological polar surface area (TPSA) is 88.3 Å². The van der Waals surface area contributed by atoms with Gasteiger partial charge in [-0.2, -0.15) is 18.2 Å². The molecule has 0 spiro atoms. The van der Waals surface area contributed by atoms with Crippen LogP contribution >= 0.6 is 11.8 Å². The number of rotatable bonds is 4. The molecule has 1 saturated heterocycles. The number of carbonyl (C=O) groups excluding carboxylic acids is 1. The lowest BCUT2D eigenvalue weighted by atomic mass is 10.2. The molecular formula is C19H17F3N6O2S. The summed E-state index contributed by atoms with van der Waals surface area (Å²) in [5.74, 6) is -0.979. The molecule has 0 aliphatic carbocycles. The van der Waals surface area contributed by atoms with Gasteiger partial charge < -0.3 is 14.3 Å². The molecule has 1 aliphatic rings. The van der Waals surface area contributed by atoms with E-state index in [2.05, 4.69) is 24.6 Å². The van der Waals surface area contributed by atoms with Crippen LogP contribution in [0.4, 0.5) is 19.0 Å². The number of amides is 1. The van der Waals surface area contributed by atoms with E-state index in [1.54, 1.807) is 35.4 Å². The summed E-state index contributed by atoms with van der Waals surface area (Å²) in [5, 5.41) is 4.05. The molecule has 4 rings (SSSR count). The predicted molar refractivity (Wildman–Crippen MR) is 107 cm³/mol. The normalized spacial score (nSPS) is 14.7. The molecule has 31 heavy (non-hydrogen) atoms. The first kappa shape index (κ1) is 21.1. The van der Waals surface area contributed by atoms with Crippen LogP contribution in [0.15, 0.2) is 46.2 Å². The minimum atomic E-state index is -4.69. The van der Waals surface area contributed by atoms with Crippen molar-refractivity contribution in [3.8, 4) is 11.4 Å². The second-order valence-electron chi connectivity index (χ2n) is 6.67. The first-order valence-electron chi connectivity index (χ1n) is 9.27. The summed E-state index contributed by atoms with van der Waals surface area (Å²) in [6.45, 7) is 2.19. The lowest BCUT2D eigenvalue weighted by Gasteiger charge is -2.35. The highest BCUT2D eigenvalue weighted by Crippen LogP contribution is 2.29. The van der Waals surface area contributed by atoms with Gasteiger partial charge in [0.25, 0.3) is 5.91 Å². The van der Waals surface area contributed by atoms with Crippen molar-refractivity contribution in [3.63, 3.8) is 0 Å². The Bertz CT molecular complexity index is 1070. The second-order valence-corrected chi connectivity index (χ2v) is 7.46. The van der Waals surface area contributed by atoms with Gasteiger partial charge in [0.2, 0.25) is 5.82 Å². The van der Waals surface area contributed by atoms with Crippen LogP contribution in [-0.4, -0.2) is 63.4 Å². The molecule has 4 heterocycles. The molecular weight excluding hydrogens is 433 g/mol. The molecule has 12 heteroatoms. The van der Waals surface area contributed by atoms with Gasteiger partial charge in [0.15, 0.2) is 0 Å². The van der Waals surface area contributed by atoms with Crippen LogP contribution in [0.1, 0.15) is 16.2 Å². The van der Waals surface area contributed by atoms with Gasteiger partial charge in [-0.1, -0.05) is 5.16 Å². The molecule has 0 radical (unpaired) electrons. The van der Waals surface area contributed by atoms with Crippen molar-refractivity contribution in [2.45, 2.75) is 11.2 Å². The molecule has 3 aromatic heterocycles. The smallest absolute Gasteiger partial charge is 0.353 e. The Hall–Kier alpha value is -3.15. The molecule has 1 fully saturated rings. The van der Waals surface area contributed by atoms with Crippen molar-refractivity contribution in [2.75, 3.05) is 37.3 Å². The van der Waals surface area contributed by atoms with E-state index in [1.807, 2.05) is 11.2 Å². The average molecular weight is 450 g/mol. The summed E-state index contributed by atoms with van der Waals surface area (Å²) >= 11 is 1.43. The summed E-state index contributed by atoms with van der Waals surface area (Å²) in [4.78, 5) is 28.5. The monoisotopic (exact) mass is 450 g/mol. The van der Waals surface area contributed by atoms with Gasteiger partial charge in [0, 0.05) is 44.1 Å². The van der Waals surface area contributed by atoms with Crippen LogP contribution in [0.3, 0.4) is 0 Å². The fraction of sp³-hybridized carbons (Fsp3) is 0.316. The van der Waals surface area contributed by atoms with E-state index in [1.165, 1.54) is 18.0 Å². The highest BCUT2D eigenvalue weighted by molar-refractivity contribution is 7.98. The third-order valence-electron chi connectivity index (χ3n) is 4.76. The standard InChI is InChI=1S/C19H17F3N6O2S/c1-31-16-13(3-2-6-23-16)17(29)28-9-7-27(8-10-28)14-5-4-12(11-24-14)15-25-18(30-26-15)19(20,21)22/h2-6,11H,7-10H2,1H3. The second kappa shape index (κ2) is 8.53. The van der Waals surface area contributed by atoms with Gasteiger partial charge in [-0.25, -0.2) is 9.97 Å². The van der Waals surface area contributed by atoms with Crippen LogP contribution in [-0.2, 0) is 6.18 Å². The molecule has 1 amide bonds. The Morgan fingerprint density at radius 2 is 1.90 bits per heavy atom. The summed E-state index contributed by atoms with van der Waals surface area (Å²) in [6, 6.07) is 6.79. The minimum Gasteiger partial charge on any atom is -0.353 e. The fourth-order valence-corrected chi connectivity index (χ4v) is 3.73. The number of thioether (sulfide) groups is 1. The quantitative estimate of drug-likeness (QED) is 0.560. The van der Waals surface area contributed by atoms with E-state index in [4.69, 9.17) is 0 Å². The molecule has 1 aliphatic heterocycles. The number of piperazine rings is 1. The van der Waals surface area contributed by atoms with Crippen LogP contribution in [0.25, 0.3) is 11.4 Å². The van der Waals surface area contributed by atoms with Gasteiger partial charge in [0.1, 0.15) is 10.8 Å². The first-order chi connectivity index (χ1) is 14.9. The maximum Gasteiger partial charge on any atom is 0.471 e. The molecule has 0 N–H and O–H groups in total. The highest BCUT2D eigenvalue weighted by atomic mass is 32.2. The molecule has 8 nitrogen and oxygen atoms in total. The van der Waals surface area contributed by atoms with Gasteiger partial charge >= 0.3 is 12.1 Å². The van der Waals surface area contributed by atoms with E-state index in [-0.39, 0.29) is 11.7 Å². The Morgan fingerprint density at radius 3 is 2.52 bits per heavy atom. The number of halogens is 3.